The molecule has 1 amide bonds. The molecule has 0 atom stereocenters. The fraction of sp³-hybridized carbons (Fsp3) is 0.300. The molecule has 0 bridgehead atoms. The van der Waals surface area contributed by atoms with Crippen LogP contribution in [-0.2, 0) is 4.79 Å². The van der Waals surface area contributed by atoms with Gasteiger partial charge in [-0.15, -0.1) is 0 Å². The number of hydrogen-bond acceptors (Lipinski definition) is 1. The van der Waals surface area contributed by atoms with E-state index in [4.69, 9.17) is 0 Å². The van der Waals surface area contributed by atoms with Crippen molar-refractivity contribution in [2.75, 3.05) is 4.90 Å². The van der Waals surface area contributed by atoms with Crippen LogP contribution < -0.4 is 4.90 Å². The monoisotopic (exact) mass is 181 g/mol. The van der Waals surface area contributed by atoms with Gasteiger partial charge in [0.05, 0.1) is 0 Å². The van der Waals surface area contributed by atoms with Gasteiger partial charge < -0.3 is 4.90 Å². The van der Waals surface area contributed by atoms with E-state index in [1.807, 2.05) is 13.8 Å². The topological polar surface area (TPSA) is 20.3 Å². The number of rotatable bonds is 3. The van der Waals surface area contributed by atoms with Gasteiger partial charge in [0.25, 0.3) is 0 Å². The number of carbonyl (C=O) groups excluding carboxylic acids is 1. The predicted octanol–water partition coefficient (Wildman–Crippen LogP) is 2.20. The van der Waals surface area contributed by atoms with Crippen LogP contribution in [0.5, 0.6) is 0 Å². The van der Waals surface area contributed by atoms with E-state index >= 15 is 0 Å². The molecule has 0 saturated carbocycles. The summed E-state index contributed by atoms with van der Waals surface area (Å²) >= 11 is 0. The van der Waals surface area contributed by atoms with Gasteiger partial charge in [-0.25, -0.2) is 4.39 Å². The van der Waals surface area contributed by atoms with Crippen molar-refractivity contribution in [2.24, 2.45) is 0 Å². The molecule has 0 spiro atoms. The van der Waals surface area contributed by atoms with Crippen LogP contribution in [0.4, 0.5) is 10.1 Å². The molecule has 0 aliphatic heterocycles. The van der Waals surface area contributed by atoms with Crippen LogP contribution in [0.1, 0.15) is 13.8 Å². The Morgan fingerprint density at radius 3 is 2.23 bits per heavy atom. The first-order chi connectivity index (χ1) is 6.15. The molecule has 0 heterocycles. The molecule has 70 valence electrons. The number of carbonyl (C=O) groups is 1. The third kappa shape index (κ3) is 2.28. The second-order valence-corrected chi connectivity index (χ2v) is 3.08. The molecule has 1 rings (SSSR count). The zero-order valence-corrected chi connectivity index (χ0v) is 7.70. The lowest BCUT2D eigenvalue weighted by atomic mass is 10.2. The lowest BCUT2D eigenvalue weighted by Gasteiger charge is -2.21. The van der Waals surface area contributed by atoms with Gasteiger partial charge in [-0.1, -0.05) is 0 Å². The summed E-state index contributed by atoms with van der Waals surface area (Å²) < 4.78 is 12.5. The maximum absolute atomic E-state index is 12.5. The third-order valence-electron chi connectivity index (χ3n) is 1.79. The summed E-state index contributed by atoms with van der Waals surface area (Å²) in [6.07, 6.45) is 0.748. The Labute approximate surface area is 77.0 Å². The summed E-state index contributed by atoms with van der Waals surface area (Å²) in [4.78, 5) is 12.2. The van der Waals surface area contributed by atoms with Gasteiger partial charge in [-0.2, -0.15) is 0 Å². The SMILES string of the molecule is CC(C)N(C=O)c1ccc(F)cc1. The van der Waals surface area contributed by atoms with Gasteiger partial charge in [-0.3, -0.25) is 4.79 Å². The van der Waals surface area contributed by atoms with Crippen molar-refractivity contribution < 1.29 is 9.18 Å². The molecule has 0 N–H and O–H groups in total. The van der Waals surface area contributed by atoms with Crippen LogP contribution in [0.2, 0.25) is 0 Å². The van der Waals surface area contributed by atoms with E-state index in [2.05, 4.69) is 0 Å². The Morgan fingerprint density at radius 1 is 1.31 bits per heavy atom. The van der Waals surface area contributed by atoms with Gasteiger partial charge in [0.15, 0.2) is 0 Å². The van der Waals surface area contributed by atoms with Crippen molar-refractivity contribution in [3.05, 3.63) is 30.1 Å². The molecule has 2 nitrogen and oxygen atoms in total. The quantitative estimate of drug-likeness (QED) is 0.654. The van der Waals surface area contributed by atoms with Crippen LogP contribution in [0, 0.1) is 5.82 Å². The Morgan fingerprint density at radius 2 is 1.85 bits per heavy atom. The predicted molar refractivity (Wildman–Crippen MR) is 50.1 cm³/mol. The standard InChI is InChI=1S/C10H12FNO/c1-8(2)12(7-13)10-5-3-9(11)4-6-10/h3-8H,1-2H3. The number of benzene rings is 1. The minimum Gasteiger partial charge on any atom is -0.313 e. The molecular formula is C10H12FNO. The third-order valence-corrected chi connectivity index (χ3v) is 1.79. The Hall–Kier alpha value is -1.38. The number of nitrogens with zero attached hydrogens (tertiary/aromatic N) is 1. The second kappa shape index (κ2) is 4.03. The highest BCUT2D eigenvalue weighted by Gasteiger charge is 2.08. The van der Waals surface area contributed by atoms with Crippen LogP contribution in [0.15, 0.2) is 24.3 Å². The van der Waals surface area contributed by atoms with Crippen molar-refractivity contribution in [3.63, 3.8) is 0 Å². The first kappa shape index (κ1) is 9.71. The van der Waals surface area contributed by atoms with E-state index in [0.717, 1.165) is 6.41 Å². The molecule has 0 radical (unpaired) electrons. The zero-order valence-electron chi connectivity index (χ0n) is 7.70. The summed E-state index contributed by atoms with van der Waals surface area (Å²) in [5, 5.41) is 0. The van der Waals surface area contributed by atoms with Crippen LogP contribution in [-0.4, -0.2) is 12.5 Å². The smallest absolute Gasteiger partial charge is 0.214 e. The van der Waals surface area contributed by atoms with E-state index in [0.29, 0.717) is 5.69 Å². The van der Waals surface area contributed by atoms with E-state index in [1.165, 1.54) is 12.1 Å². The highest BCUT2D eigenvalue weighted by Crippen LogP contribution is 2.15. The Bertz CT molecular complexity index is 281. The maximum atomic E-state index is 12.5. The molecule has 0 unspecified atom stereocenters. The van der Waals surface area contributed by atoms with Gasteiger partial charge in [0.1, 0.15) is 5.82 Å². The van der Waals surface area contributed by atoms with E-state index < -0.39 is 0 Å². The van der Waals surface area contributed by atoms with Crippen LogP contribution in [0.25, 0.3) is 0 Å². The maximum Gasteiger partial charge on any atom is 0.214 e. The number of hydrogen-bond donors (Lipinski definition) is 0. The second-order valence-electron chi connectivity index (χ2n) is 3.08. The van der Waals surface area contributed by atoms with Crippen molar-refractivity contribution >= 4 is 12.1 Å². The summed E-state index contributed by atoms with van der Waals surface area (Å²) in [5.41, 5.74) is 0.714. The fourth-order valence-electron chi connectivity index (χ4n) is 1.09. The Kier molecular flexibility index (Phi) is 3.01. The largest absolute Gasteiger partial charge is 0.313 e. The molecule has 0 aromatic heterocycles. The molecule has 0 aliphatic carbocycles. The molecule has 13 heavy (non-hydrogen) atoms. The average molecular weight is 181 g/mol. The van der Waals surface area contributed by atoms with Crippen LogP contribution in [0.3, 0.4) is 0 Å². The zero-order chi connectivity index (χ0) is 9.84. The summed E-state index contributed by atoms with van der Waals surface area (Å²) in [7, 11) is 0. The van der Waals surface area contributed by atoms with Gasteiger partial charge in [0, 0.05) is 11.7 Å². The van der Waals surface area contributed by atoms with E-state index in [-0.39, 0.29) is 11.9 Å². The van der Waals surface area contributed by atoms with Crippen molar-refractivity contribution in [2.45, 2.75) is 19.9 Å². The molecule has 0 saturated heterocycles. The molecular weight excluding hydrogens is 169 g/mol. The number of halogens is 1. The average Bonchev–Trinajstić information content (AvgIpc) is 2.09. The van der Waals surface area contributed by atoms with E-state index in [9.17, 15) is 9.18 Å². The summed E-state index contributed by atoms with van der Waals surface area (Å²) in [6, 6.07) is 5.94. The number of amides is 1. The normalized spacial score (nSPS) is 10.2. The van der Waals surface area contributed by atoms with E-state index in [1.54, 1.807) is 17.0 Å². The number of anilines is 1. The lowest BCUT2D eigenvalue weighted by molar-refractivity contribution is -0.107. The highest BCUT2D eigenvalue weighted by molar-refractivity contribution is 5.75. The van der Waals surface area contributed by atoms with Gasteiger partial charge in [-0.05, 0) is 38.1 Å². The molecule has 0 fully saturated rings. The van der Waals surface area contributed by atoms with Crippen molar-refractivity contribution in [1.82, 2.24) is 0 Å². The van der Waals surface area contributed by atoms with Crippen molar-refractivity contribution in [1.29, 1.82) is 0 Å². The minimum atomic E-state index is -0.293. The first-order valence-corrected chi connectivity index (χ1v) is 4.14. The minimum absolute atomic E-state index is 0.0861. The fourth-order valence-corrected chi connectivity index (χ4v) is 1.09. The lowest BCUT2D eigenvalue weighted by Crippen LogP contribution is -2.28. The Balaban J connectivity index is 2.92. The molecule has 3 heteroatoms. The van der Waals surface area contributed by atoms with Crippen LogP contribution >= 0.6 is 0 Å². The van der Waals surface area contributed by atoms with Gasteiger partial charge >= 0.3 is 0 Å². The first-order valence-electron chi connectivity index (χ1n) is 4.14. The molecule has 1 aromatic rings. The summed E-state index contributed by atoms with van der Waals surface area (Å²) in [5.74, 6) is -0.293. The molecule has 0 aliphatic rings. The molecule has 1 aromatic carbocycles. The summed E-state index contributed by atoms with van der Waals surface area (Å²) in [6.45, 7) is 3.80. The van der Waals surface area contributed by atoms with Gasteiger partial charge in [0.2, 0.25) is 6.41 Å². The highest BCUT2D eigenvalue weighted by atomic mass is 19.1. The van der Waals surface area contributed by atoms with Crippen molar-refractivity contribution in [3.8, 4) is 0 Å².